The van der Waals surface area contributed by atoms with Crippen molar-refractivity contribution in [3.63, 3.8) is 0 Å². The van der Waals surface area contributed by atoms with Crippen molar-refractivity contribution >= 4 is 11.9 Å². The lowest BCUT2D eigenvalue weighted by Gasteiger charge is -2.08. The summed E-state index contributed by atoms with van der Waals surface area (Å²) in [6.45, 7) is 5.20. The van der Waals surface area contributed by atoms with E-state index in [1.54, 1.807) is 6.92 Å². The van der Waals surface area contributed by atoms with Crippen LogP contribution in [-0.2, 0) is 14.5 Å². The molecule has 0 saturated heterocycles. The summed E-state index contributed by atoms with van der Waals surface area (Å²) in [5, 5.41) is 16.4. The van der Waals surface area contributed by atoms with Gasteiger partial charge in [0, 0.05) is 6.42 Å². The molecule has 0 fully saturated rings. The van der Waals surface area contributed by atoms with Gasteiger partial charge in [0.05, 0.1) is 5.92 Å². The van der Waals surface area contributed by atoms with Crippen molar-refractivity contribution < 1.29 is 24.8 Å². The van der Waals surface area contributed by atoms with E-state index in [0.29, 0.717) is 18.4 Å². The summed E-state index contributed by atoms with van der Waals surface area (Å²) in [6.07, 6.45) is 0.658. The lowest BCUT2D eigenvalue weighted by molar-refractivity contribution is -0.238. The first kappa shape index (κ1) is 12.6. The molecule has 1 atom stereocenters. The van der Waals surface area contributed by atoms with Gasteiger partial charge in [-0.25, -0.2) is 4.79 Å². The Bertz CT molecular complexity index is 233. The molecule has 0 aromatic rings. The first-order valence-electron chi connectivity index (χ1n) is 4.21. The normalized spacial score (nSPS) is 11.9. The lowest BCUT2D eigenvalue weighted by atomic mass is 9.99. The molecular weight excluding hydrogens is 188 g/mol. The third-order valence-electron chi connectivity index (χ3n) is 1.78. The molecule has 0 aliphatic heterocycles. The van der Waals surface area contributed by atoms with Gasteiger partial charge in [-0.15, -0.1) is 0 Å². The van der Waals surface area contributed by atoms with Gasteiger partial charge in [0.1, 0.15) is 0 Å². The predicted molar refractivity (Wildman–Crippen MR) is 48.5 cm³/mol. The molecule has 0 bridgehead atoms. The van der Waals surface area contributed by atoms with Gasteiger partial charge in [-0.2, -0.15) is 5.26 Å². The molecule has 2 N–H and O–H groups in total. The fourth-order valence-electron chi connectivity index (χ4n) is 0.992. The van der Waals surface area contributed by atoms with Crippen molar-refractivity contribution in [1.82, 2.24) is 0 Å². The summed E-state index contributed by atoms with van der Waals surface area (Å²) in [5.41, 5.74) is 0.658. The van der Waals surface area contributed by atoms with Gasteiger partial charge in [-0.3, -0.25) is 4.79 Å². The van der Waals surface area contributed by atoms with Gasteiger partial charge >= 0.3 is 11.9 Å². The maximum absolute atomic E-state index is 10.8. The van der Waals surface area contributed by atoms with Gasteiger partial charge in [0.25, 0.3) is 0 Å². The predicted octanol–water partition coefficient (Wildman–Crippen LogP) is 1.45. The van der Waals surface area contributed by atoms with Gasteiger partial charge < -0.3 is 9.99 Å². The van der Waals surface area contributed by atoms with Gasteiger partial charge in [-0.1, -0.05) is 19.1 Å². The minimum atomic E-state index is -0.900. The van der Waals surface area contributed by atoms with Crippen LogP contribution in [0.4, 0.5) is 0 Å². The van der Waals surface area contributed by atoms with E-state index < -0.39 is 17.9 Å². The average Bonchev–Trinajstić information content (AvgIpc) is 2.13. The van der Waals surface area contributed by atoms with Crippen LogP contribution in [-0.4, -0.2) is 22.3 Å². The molecule has 5 heteroatoms. The van der Waals surface area contributed by atoms with Gasteiger partial charge in [-0.05, 0) is 12.8 Å². The molecule has 0 unspecified atom stereocenters. The Morgan fingerprint density at radius 3 is 2.43 bits per heavy atom. The number of rotatable bonds is 6. The van der Waals surface area contributed by atoms with Crippen LogP contribution in [0.1, 0.15) is 26.2 Å². The zero-order chi connectivity index (χ0) is 11.1. The van der Waals surface area contributed by atoms with E-state index in [4.69, 9.17) is 10.4 Å². The van der Waals surface area contributed by atoms with Crippen LogP contribution in [0.25, 0.3) is 0 Å². The number of carbonyl (C=O) groups is 2. The highest BCUT2D eigenvalue weighted by atomic mass is 17.1. The van der Waals surface area contributed by atoms with Crippen molar-refractivity contribution in [2.45, 2.75) is 26.2 Å². The van der Waals surface area contributed by atoms with Crippen LogP contribution in [0.5, 0.6) is 0 Å². The molecule has 0 aromatic carbocycles. The molecule has 0 amide bonds. The number of hydrogen-bond donors (Lipinski definition) is 2. The fourth-order valence-corrected chi connectivity index (χ4v) is 0.992. The van der Waals surface area contributed by atoms with E-state index in [0.717, 1.165) is 0 Å². The average molecular weight is 202 g/mol. The Kier molecular flexibility index (Phi) is 5.55. The maximum Gasteiger partial charge on any atom is 0.345 e. The van der Waals surface area contributed by atoms with E-state index in [2.05, 4.69) is 11.5 Å². The first-order chi connectivity index (χ1) is 6.47. The number of carboxylic acids is 1. The summed E-state index contributed by atoms with van der Waals surface area (Å²) in [6, 6.07) is 0. The Morgan fingerprint density at radius 2 is 2.00 bits per heavy atom. The van der Waals surface area contributed by atoms with E-state index in [9.17, 15) is 9.59 Å². The van der Waals surface area contributed by atoms with E-state index in [1.807, 2.05) is 0 Å². The van der Waals surface area contributed by atoms with Gasteiger partial charge in [0.2, 0.25) is 0 Å². The van der Waals surface area contributed by atoms with E-state index in [1.165, 1.54) is 0 Å². The molecule has 0 heterocycles. The Hall–Kier alpha value is -1.36. The summed E-state index contributed by atoms with van der Waals surface area (Å²) in [5.74, 6) is -2.13. The van der Waals surface area contributed by atoms with Crippen LogP contribution in [0, 0.1) is 5.92 Å². The van der Waals surface area contributed by atoms with Crippen LogP contribution in [0.2, 0.25) is 0 Å². The minimum Gasteiger partial charge on any atom is -0.481 e. The number of carbonyl (C=O) groups excluding carboxylic acids is 1. The highest BCUT2D eigenvalue weighted by Gasteiger charge is 2.15. The monoisotopic (exact) mass is 202 g/mol. The standard InChI is InChI=1S/C9H14O5/c1-6(3-4-8(10)11)5-7(2)9(12)14-13/h7,13H,1,3-5H2,2H3,(H,10,11)/t7-/m0/s1. The second kappa shape index (κ2) is 6.15. The maximum atomic E-state index is 10.8. The highest BCUT2D eigenvalue weighted by molar-refractivity contribution is 5.71. The molecule has 0 spiro atoms. The minimum absolute atomic E-state index is 0.000272. The first-order valence-corrected chi connectivity index (χ1v) is 4.21. The number of allylic oxidation sites excluding steroid dienone is 1. The Labute approximate surface area is 81.9 Å². The van der Waals surface area contributed by atoms with E-state index in [-0.39, 0.29) is 6.42 Å². The molecule has 0 aliphatic rings. The molecule has 80 valence electrons. The van der Waals surface area contributed by atoms with Crippen LogP contribution >= 0.6 is 0 Å². The zero-order valence-electron chi connectivity index (χ0n) is 8.02. The molecule has 0 rings (SSSR count). The molecule has 0 aromatic heterocycles. The van der Waals surface area contributed by atoms with Crippen molar-refractivity contribution in [1.29, 1.82) is 0 Å². The second-order valence-electron chi connectivity index (χ2n) is 3.16. The topological polar surface area (TPSA) is 83.8 Å². The SMILES string of the molecule is C=C(CCC(=O)O)C[C@H](C)C(=O)OO. The van der Waals surface area contributed by atoms with Gasteiger partial charge in [0.15, 0.2) is 0 Å². The smallest absolute Gasteiger partial charge is 0.345 e. The van der Waals surface area contributed by atoms with Crippen LogP contribution in [0.15, 0.2) is 12.2 Å². The fraction of sp³-hybridized carbons (Fsp3) is 0.556. The molecule has 0 saturated carbocycles. The van der Waals surface area contributed by atoms with E-state index >= 15 is 0 Å². The van der Waals surface area contributed by atoms with Crippen molar-refractivity contribution in [3.05, 3.63) is 12.2 Å². The third-order valence-corrected chi connectivity index (χ3v) is 1.78. The number of hydrogen-bond acceptors (Lipinski definition) is 4. The highest BCUT2D eigenvalue weighted by Crippen LogP contribution is 2.15. The zero-order valence-corrected chi connectivity index (χ0v) is 8.02. The molecule has 14 heavy (non-hydrogen) atoms. The van der Waals surface area contributed by atoms with Crippen LogP contribution < -0.4 is 0 Å². The Balaban J connectivity index is 3.82. The second-order valence-corrected chi connectivity index (χ2v) is 3.16. The number of carboxylic acid groups (broad SMARTS) is 1. The summed E-state index contributed by atoms with van der Waals surface area (Å²) in [4.78, 5) is 24.5. The third kappa shape index (κ3) is 5.31. The lowest BCUT2D eigenvalue weighted by Crippen LogP contribution is -2.13. The van der Waals surface area contributed by atoms with Crippen LogP contribution in [0.3, 0.4) is 0 Å². The molecule has 0 radical (unpaired) electrons. The van der Waals surface area contributed by atoms with Crippen molar-refractivity contribution in [3.8, 4) is 0 Å². The number of aliphatic carboxylic acids is 1. The summed E-state index contributed by atoms with van der Waals surface area (Å²) >= 11 is 0. The largest absolute Gasteiger partial charge is 0.481 e. The van der Waals surface area contributed by atoms with Crippen molar-refractivity contribution in [2.24, 2.45) is 5.92 Å². The molecule has 0 aliphatic carbocycles. The quantitative estimate of drug-likeness (QED) is 0.387. The Morgan fingerprint density at radius 1 is 1.43 bits per heavy atom. The molecular formula is C9H14O5. The summed E-state index contributed by atoms with van der Waals surface area (Å²) in [7, 11) is 0. The van der Waals surface area contributed by atoms with Crippen molar-refractivity contribution in [2.75, 3.05) is 0 Å². The molecule has 5 nitrogen and oxygen atoms in total. The summed E-state index contributed by atoms with van der Waals surface area (Å²) < 4.78 is 0.